The lowest BCUT2D eigenvalue weighted by Crippen LogP contribution is -2.34. The van der Waals surface area contributed by atoms with Crippen LogP contribution in [0.25, 0.3) is 0 Å². The first-order valence-electron chi connectivity index (χ1n) is 8.05. The van der Waals surface area contributed by atoms with E-state index in [-0.39, 0.29) is 5.56 Å². The number of aromatic amines is 1. The number of nitrogens with one attached hydrogen (secondary N) is 1. The highest BCUT2D eigenvalue weighted by molar-refractivity contribution is 7.16. The fraction of sp³-hybridized carbons (Fsp3) is 0.562. The average molecular weight is 368 g/mol. The molecule has 3 rings (SSSR count). The quantitative estimate of drug-likeness (QED) is 0.899. The summed E-state index contributed by atoms with van der Waals surface area (Å²) in [6.07, 6.45) is 2.15. The van der Waals surface area contributed by atoms with Crippen LogP contribution in [0, 0.1) is 6.92 Å². The van der Waals surface area contributed by atoms with Crippen LogP contribution in [-0.2, 0) is 6.54 Å². The number of anilines is 1. The third-order valence-electron chi connectivity index (χ3n) is 4.19. The average Bonchev–Trinajstić information content (AvgIpc) is 2.88. The van der Waals surface area contributed by atoms with Crippen LogP contribution in [-0.4, -0.2) is 47.0 Å². The summed E-state index contributed by atoms with van der Waals surface area (Å²) in [5.74, 6) is 0.968. The van der Waals surface area contributed by atoms with Crippen molar-refractivity contribution in [3.63, 3.8) is 0 Å². The van der Waals surface area contributed by atoms with E-state index in [1.54, 1.807) is 17.4 Å². The Morgan fingerprint density at radius 1 is 1.46 bits per heavy atom. The molecule has 0 radical (unpaired) electrons. The summed E-state index contributed by atoms with van der Waals surface area (Å²) in [4.78, 5) is 28.8. The van der Waals surface area contributed by atoms with Gasteiger partial charge < -0.3 is 9.88 Å². The van der Waals surface area contributed by atoms with Gasteiger partial charge in [-0.1, -0.05) is 22.9 Å². The van der Waals surface area contributed by atoms with Crippen molar-refractivity contribution in [2.45, 2.75) is 32.2 Å². The summed E-state index contributed by atoms with van der Waals surface area (Å²) in [7, 11) is 3.94. The van der Waals surface area contributed by atoms with E-state index in [4.69, 9.17) is 11.6 Å². The number of nitrogens with zero attached hydrogens (tertiary/aromatic N) is 4. The smallest absolute Gasteiger partial charge is 0.251 e. The summed E-state index contributed by atoms with van der Waals surface area (Å²) < 4.78 is 0. The molecule has 1 aliphatic heterocycles. The molecule has 0 bridgehead atoms. The molecule has 1 atom stereocenters. The second-order valence-electron chi connectivity index (χ2n) is 6.43. The number of aryl methyl sites for hydroxylation is 1. The number of H-pyrrole nitrogens is 1. The van der Waals surface area contributed by atoms with Gasteiger partial charge in [0, 0.05) is 39.2 Å². The van der Waals surface area contributed by atoms with Crippen LogP contribution < -0.4 is 10.5 Å². The lowest BCUT2D eigenvalue weighted by atomic mass is 9.94. The van der Waals surface area contributed by atoms with Crippen LogP contribution in [0.4, 0.5) is 5.13 Å². The third-order valence-corrected chi connectivity index (χ3v) is 5.82. The Bertz CT molecular complexity index is 772. The molecular weight excluding hydrogens is 346 g/mol. The molecule has 2 aromatic heterocycles. The Hall–Kier alpha value is -1.44. The fourth-order valence-corrected chi connectivity index (χ4v) is 4.29. The van der Waals surface area contributed by atoms with Crippen molar-refractivity contribution < 1.29 is 0 Å². The van der Waals surface area contributed by atoms with Crippen LogP contribution in [0.5, 0.6) is 0 Å². The number of hydrogen-bond acceptors (Lipinski definition) is 6. The number of rotatable bonds is 4. The second-order valence-corrected chi connectivity index (χ2v) is 7.85. The van der Waals surface area contributed by atoms with Gasteiger partial charge in [0.05, 0.1) is 10.6 Å². The van der Waals surface area contributed by atoms with E-state index in [1.807, 2.05) is 25.9 Å². The van der Waals surface area contributed by atoms with Crippen molar-refractivity contribution in [3.8, 4) is 0 Å². The van der Waals surface area contributed by atoms with Crippen LogP contribution >= 0.6 is 22.9 Å². The molecule has 130 valence electrons. The Morgan fingerprint density at radius 2 is 2.25 bits per heavy atom. The minimum absolute atomic E-state index is 0.0734. The van der Waals surface area contributed by atoms with Gasteiger partial charge >= 0.3 is 0 Å². The lowest BCUT2D eigenvalue weighted by Gasteiger charge is -2.32. The molecule has 0 aromatic carbocycles. The van der Waals surface area contributed by atoms with Gasteiger partial charge in [0.1, 0.15) is 11.0 Å². The van der Waals surface area contributed by atoms with Crippen molar-refractivity contribution in [2.75, 3.05) is 32.1 Å². The van der Waals surface area contributed by atoms with E-state index in [0.29, 0.717) is 16.9 Å². The molecule has 0 unspecified atom stereocenters. The zero-order valence-corrected chi connectivity index (χ0v) is 15.7. The first kappa shape index (κ1) is 17.4. The Labute approximate surface area is 150 Å². The molecule has 8 heteroatoms. The number of aromatic nitrogens is 3. The van der Waals surface area contributed by atoms with Crippen molar-refractivity contribution in [1.29, 1.82) is 0 Å². The minimum Gasteiger partial charge on any atom is -0.354 e. The highest BCUT2D eigenvalue weighted by Crippen LogP contribution is 2.32. The van der Waals surface area contributed by atoms with Gasteiger partial charge in [-0.05, 0) is 26.3 Å². The van der Waals surface area contributed by atoms with Crippen LogP contribution in [0.3, 0.4) is 0 Å². The Balaban J connectivity index is 1.73. The van der Waals surface area contributed by atoms with Crippen LogP contribution in [0.1, 0.15) is 35.2 Å². The molecule has 24 heavy (non-hydrogen) atoms. The molecule has 3 heterocycles. The number of halogens is 1. The normalized spacial score (nSPS) is 18.8. The van der Waals surface area contributed by atoms with E-state index in [0.717, 1.165) is 48.2 Å². The van der Waals surface area contributed by atoms with E-state index in [9.17, 15) is 4.79 Å². The van der Waals surface area contributed by atoms with Gasteiger partial charge in [-0.15, -0.1) is 0 Å². The molecule has 1 aliphatic rings. The van der Waals surface area contributed by atoms with Gasteiger partial charge in [0.25, 0.3) is 5.56 Å². The Kier molecular flexibility index (Phi) is 5.22. The summed E-state index contributed by atoms with van der Waals surface area (Å²) >= 11 is 7.93. The molecule has 0 spiro atoms. The maximum Gasteiger partial charge on any atom is 0.251 e. The van der Waals surface area contributed by atoms with Crippen molar-refractivity contribution in [3.05, 3.63) is 38.0 Å². The van der Waals surface area contributed by atoms with Crippen LogP contribution in [0.2, 0.25) is 5.15 Å². The largest absolute Gasteiger partial charge is 0.354 e. The summed E-state index contributed by atoms with van der Waals surface area (Å²) in [6.45, 7) is 4.54. The minimum atomic E-state index is -0.0734. The zero-order valence-electron chi connectivity index (χ0n) is 14.2. The van der Waals surface area contributed by atoms with E-state index < -0.39 is 0 Å². The van der Waals surface area contributed by atoms with Crippen molar-refractivity contribution in [2.24, 2.45) is 0 Å². The Morgan fingerprint density at radius 3 is 2.92 bits per heavy atom. The summed E-state index contributed by atoms with van der Waals surface area (Å²) in [5, 5.41) is 1.52. The molecule has 1 saturated heterocycles. The molecule has 2 aromatic rings. The van der Waals surface area contributed by atoms with E-state index in [2.05, 4.69) is 19.9 Å². The van der Waals surface area contributed by atoms with Gasteiger partial charge in [0.2, 0.25) is 0 Å². The standard InChI is InChI=1S/C16H22ClN5OS/c1-10-18-12(7-14(23)19-10)11-5-4-6-22(8-11)9-13-15(17)20-16(24-13)21(2)3/h7,11H,4-6,8-9H2,1-3H3,(H,18,19,23)/t11-/m1/s1. The molecule has 6 nitrogen and oxygen atoms in total. The predicted octanol–water partition coefficient (Wildman–Crippen LogP) is 2.63. The van der Waals surface area contributed by atoms with Gasteiger partial charge in [-0.2, -0.15) is 0 Å². The maximum absolute atomic E-state index is 11.7. The lowest BCUT2D eigenvalue weighted by molar-refractivity contribution is 0.200. The highest BCUT2D eigenvalue weighted by atomic mass is 35.5. The maximum atomic E-state index is 11.7. The molecule has 0 saturated carbocycles. The first-order chi connectivity index (χ1) is 11.4. The van der Waals surface area contributed by atoms with Gasteiger partial charge in [-0.3, -0.25) is 9.69 Å². The van der Waals surface area contributed by atoms with Gasteiger partial charge in [-0.25, -0.2) is 9.97 Å². The predicted molar refractivity (Wildman–Crippen MR) is 98.3 cm³/mol. The third kappa shape index (κ3) is 3.96. The number of likely N-dealkylation sites (tertiary alicyclic amines) is 1. The van der Waals surface area contributed by atoms with Crippen molar-refractivity contribution >= 4 is 28.1 Å². The van der Waals surface area contributed by atoms with Crippen LogP contribution in [0.15, 0.2) is 10.9 Å². The highest BCUT2D eigenvalue weighted by Gasteiger charge is 2.24. The summed E-state index contributed by atoms with van der Waals surface area (Å²) in [5.41, 5.74) is 0.820. The van der Waals surface area contributed by atoms with E-state index in [1.165, 1.54) is 0 Å². The number of hydrogen-bond donors (Lipinski definition) is 1. The van der Waals surface area contributed by atoms with Crippen molar-refractivity contribution in [1.82, 2.24) is 19.9 Å². The molecular formula is C16H22ClN5OS. The number of thiazole rings is 1. The molecule has 1 N–H and O–H groups in total. The molecule has 1 fully saturated rings. The van der Waals surface area contributed by atoms with Gasteiger partial charge in [0.15, 0.2) is 5.13 Å². The first-order valence-corrected chi connectivity index (χ1v) is 9.24. The SMILES string of the molecule is Cc1nc([C@@H]2CCCN(Cc3sc(N(C)C)nc3Cl)C2)cc(=O)[nH]1. The topological polar surface area (TPSA) is 65.1 Å². The number of piperidine rings is 1. The molecule has 0 aliphatic carbocycles. The monoisotopic (exact) mass is 367 g/mol. The fourth-order valence-electron chi connectivity index (χ4n) is 3.07. The summed E-state index contributed by atoms with van der Waals surface area (Å²) in [6, 6.07) is 1.63. The second kappa shape index (κ2) is 7.21. The zero-order chi connectivity index (χ0) is 17.3. The molecule has 0 amide bonds. The van der Waals surface area contributed by atoms with E-state index >= 15 is 0 Å².